The van der Waals surface area contributed by atoms with Gasteiger partial charge in [0.25, 0.3) is 5.91 Å². The average molecular weight is 234 g/mol. The van der Waals surface area contributed by atoms with Gasteiger partial charge in [-0.1, -0.05) is 6.92 Å². The Labute approximate surface area is 101 Å². The normalized spacial score (nSPS) is 23.6. The number of hydrogen-bond acceptors (Lipinski definition) is 3. The second-order valence-electron chi connectivity index (χ2n) is 4.39. The van der Waals surface area contributed by atoms with Crippen LogP contribution in [0.2, 0.25) is 0 Å². The van der Waals surface area contributed by atoms with Crippen molar-refractivity contribution < 1.29 is 9.53 Å². The van der Waals surface area contributed by atoms with Gasteiger partial charge in [-0.05, 0) is 38.3 Å². The molecule has 1 aliphatic heterocycles. The van der Waals surface area contributed by atoms with Gasteiger partial charge in [-0.3, -0.25) is 9.78 Å². The maximum Gasteiger partial charge on any atom is 0.253 e. The summed E-state index contributed by atoms with van der Waals surface area (Å²) in [4.78, 5) is 16.1. The Morgan fingerprint density at radius 2 is 2.35 bits per heavy atom. The van der Waals surface area contributed by atoms with E-state index in [4.69, 9.17) is 4.74 Å². The van der Waals surface area contributed by atoms with Crippen LogP contribution in [0.4, 0.5) is 5.69 Å². The molecule has 4 nitrogen and oxygen atoms in total. The summed E-state index contributed by atoms with van der Waals surface area (Å²) < 4.78 is 5.51. The molecule has 1 aliphatic rings. The smallest absolute Gasteiger partial charge is 0.253 e. The largest absolute Gasteiger partial charge is 0.365 e. The number of carbonyl (C=O) groups is 1. The van der Waals surface area contributed by atoms with Crippen LogP contribution in [-0.4, -0.2) is 23.1 Å². The predicted octanol–water partition coefficient (Wildman–Crippen LogP) is 2.15. The van der Waals surface area contributed by atoms with Gasteiger partial charge >= 0.3 is 0 Å². The number of nitrogens with zero attached hydrogens (tertiary/aromatic N) is 1. The lowest BCUT2D eigenvalue weighted by atomic mass is 10.2. The van der Waals surface area contributed by atoms with Gasteiger partial charge in [0.05, 0.1) is 18.0 Å². The van der Waals surface area contributed by atoms with Crippen LogP contribution < -0.4 is 5.32 Å². The van der Waals surface area contributed by atoms with Gasteiger partial charge in [0.1, 0.15) is 6.10 Å². The SMILES string of the molecule is CCc1ccc(NC(=O)C2CCC(C)O2)cn1. The Morgan fingerprint density at radius 1 is 1.53 bits per heavy atom. The molecular formula is C13H18N2O2. The van der Waals surface area contributed by atoms with E-state index in [1.807, 2.05) is 26.0 Å². The molecule has 1 N–H and O–H groups in total. The third kappa shape index (κ3) is 3.03. The van der Waals surface area contributed by atoms with E-state index < -0.39 is 0 Å². The van der Waals surface area contributed by atoms with E-state index in [2.05, 4.69) is 10.3 Å². The van der Waals surface area contributed by atoms with Crippen molar-refractivity contribution in [3.05, 3.63) is 24.0 Å². The summed E-state index contributed by atoms with van der Waals surface area (Å²) in [6.07, 6.45) is 4.22. The quantitative estimate of drug-likeness (QED) is 0.871. The molecule has 1 aromatic rings. The molecule has 2 unspecified atom stereocenters. The van der Waals surface area contributed by atoms with Crippen LogP contribution in [-0.2, 0) is 16.0 Å². The van der Waals surface area contributed by atoms with Crippen molar-refractivity contribution in [1.29, 1.82) is 0 Å². The third-order valence-electron chi connectivity index (χ3n) is 2.98. The highest BCUT2D eigenvalue weighted by Gasteiger charge is 2.28. The van der Waals surface area contributed by atoms with E-state index in [-0.39, 0.29) is 18.1 Å². The first-order valence-corrected chi connectivity index (χ1v) is 6.10. The molecule has 1 saturated heterocycles. The van der Waals surface area contributed by atoms with E-state index in [1.54, 1.807) is 6.20 Å². The minimum Gasteiger partial charge on any atom is -0.365 e. The van der Waals surface area contributed by atoms with E-state index in [1.165, 1.54) is 0 Å². The van der Waals surface area contributed by atoms with Crippen molar-refractivity contribution >= 4 is 11.6 Å². The number of nitrogens with one attached hydrogen (secondary N) is 1. The highest BCUT2D eigenvalue weighted by atomic mass is 16.5. The minimum atomic E-state index is -0.309. The molecule has 1 fully saturated rings. The number of amides is 1. The maximum absolute atomic E-state index is 11.9. The number of carbonyl (C=O) groups excluding carboxylic acids is 1. The fourth-order valence-corrected chi connectivity index (χ4v) is 1.93. The van der Waals surface area contributed by atoms with Crippen LogP contribution in [0.5, 0.6) is 0 Å². The average Bonchev–Trinajstić information content (AvgIpc) is 2.77. The molecular weight excluding hydrogens is 216 g/mol. The highest BCUT2D eigenvalue weighted by molar-refractivity contribution is 5.94. The number of rotatable bonds is 3. The Bertz CT molecular complexity index is 389. The van der Waals surface area contributed by atoms with Gasteiger partial charge in [-0.15, -0.1) is 0 Å². The van der Waals surface area contributed by atoms with Gasteiger partial charge in [0, 0.05) is 5.69 Å². The monoisotopic (exact) mass is 234 g/mol. The second-order valence-corrected chi connectivity index (χ2v) is 4.39. The van der Waals surface area contributed by atoms with Crippen molar-refractivity contribution in [1.82, 2.24) is 4.98 Å². The first-order chi connectivity index (χ1) is 8.19. The maximum atomic E-state index is 11.9. The second kappa shape index (κ2) is 5.27. The summed E-state index contributed by atoms with van der Waals surface area (Å²) in [7, 11) is 0. The Hall–Kier alpha value is -1.42. The third-order valence-corrected chi connectivity index (χ3v) is 2.98. The zero-order chi connectivity index (χ0) is 12.3. The summed E-state index contributed by atoms with van der Waals surface area (Å²) in [5, 5.41) is 2.83. The molecule has 4 heteroatoms. The van der Waals surface area contributed by atoms with Crippen molar-refractivity contribution in [2.75, 3.05) is 5.32 Å². The van der Waals surface area contributed by atoms with Crippen molar-refractivity contribution in [3.8, 4) is 0 Å². The van der Waals surface area contributed by atoms with Crippen LogP contribution in [0.3, 0.4) is 0 Å². The summed E-state index contributed by atoms with van der Waals surface area (Å²) in [6.45, 7) is 4.04. The molecule has 0 aromatic carbocycles. The first-order valence-electron chi connectivity index (χ1n) is 6.10. The highest BCUT2D eigenvalue weighted by Crippen LogP contribution is 2.20. The lowest BCUT2D eigenvalue weighted by molar-refractivity contribution is -0.126. The fourth-order valence-electron chi connectivity index (χ4n) is 1.93. The van der Waals surface area contributed by atoms with E-state index in [0.717, 1.165) is 30.6 Å². The minimum absolute atomic E-state index is 0.0691. The molecule has 92 valence electrons. The Kier molecular flexibility index (Phi) is 3.74. The van der Waals surface area contributed by atoms with Gasteiger partial charge in [-0.2, -0.15) is 0 Å². The number of aromatic nitrogens is 1. The number of ether oxygens (including phenoxy) is 1. The summed E-state index contributed by atoms with van der Waals surface area (Å²) >= 11 is 0. The van der Waals surface area contributed by atoms with Crippen LogP contribution in [0, 0.1) is 0 Å². The van der Waals surface area contributed by atoms with E-state index >= 15 is 0 Å². The zero-order valence-electron chi connectivity index (χ0n) is 10.3. The van der Waals surface area contributed by atoms with Crippen molar-refractivity contribution in [3.63, 3.8) is 0 Å². The topological polar surface area (TPSA) is 51.2 Å². The molecule has 0 saturated carbocycles. The van der Waals surface area contributed by atoms with Gasteiger partial charge in [-0.25, -0.2) is 0 Å². The lowest BCUT2D eigenvalue weighted by Gasteiger charge is -2.11. The van der Waals surface area contributed by atoms with Gasteiger partial charge < -0.3 is 10.1 Å². The molecule has 0 radical (unpaired) electrons. The molecule has 0 aliphatic carbocycles. The Morgan fingerprint density at radius 3 is 2.88 bits per heavy atom. The Balaban J connectivity index is 1.93. The van der Waals surface area contributed by atoms with Crippen LogP contribution in [0.25, 0.3) is 0 Å². The number of pyridine rings is 1. The number of hydrogen-bond donors (Lipinski definition) is 1. The van der Waals surface area contributed by atoms with Crippen LogP contribution in [0.1, 0.15) is 32.4 Å². The molecule has 2 atom stereocenters. The molecule has 0 bridgehead atoms. The van der Waals surface area contributed by atoms with Crippen molar-refractivity contribution in [2.45, 2.75) is 45.3 Å². The number of anilines is 1. The molecule has 1 amide bonds. The van der Waals surface area contributed by atoms with Gasteiger partial charge in [0.15, 0.2) is 0 Å². The zero-order valence-corrected chi connectivity index (χ0v) is 10.3. The summed E-state index contributed by atoms with van der Waals surface area (Å²) in [6, 6.07) is 3.80. The predicted molar refractivity (Wildman–Crippen MR) is 65.8 cm³/mol. The molecule has 17 heavy (non-hydrogen) atoms. The molecule has 2 rings (SSSR count). The molecule has 1 aromatic heterocycles. The standard InChI is InChI=1S/C13H18N2O2/c1-3-10-5-6-11(8-14-10)15-13(16)12-7-4-9(2)17-12/h5-6,8-9,12H,3-4,7H2,1-2H3,(H,15,16). The molecule has 0 spiro atoms. The fraction of sp³-hybridized carbons (Fsp3) is 0.538. The first kappa shape index (κ1) is 12.0. The number of aryl methyl sites for hydroxylation is 1. The van der Waals surface area contributed by atoms with Gasteiger partial charge in [0.2, 0.25) is 0 Å². The van der Waals surface area contributed by atoms with E-state index in [9.17, 15) is 4.79 Å². The van der Waals surface area contributed by atoms with Crippen LogP contribution in [0.15, 0.2) is 18.3 Å². The molecule has 2 heterocycles. The summed E-state index contributed by atoms with van der Waals surface area (Å²) in [5.41, 5.74) is 1.75. The van der Waals surface area contributed by atoms with Crippen LogP contribution >= 0.6 is 0 Å². The van der Waals surface area contributed by atoms with Crippen molar-refractivity contribution in [2.24, 2.45) is 0 Å². The van der Waals surface area contributed by atoms with E-state index in [0.29, 0.717) is 0 Å². The lowest BCUT2D eigenvalue weighted by Crippen LogP contribution is -2.27. The summed E-state index contributed by atoms with van der Waals surface area (Å²) in [5.74, 6) is -0.0691.